The zero-order valence-corrected chi connectivity index (χ0v) is 22.2. The Balaban J connectivity index is 1.17. The highest BCUT2D eigenvalue weighted by atomic mass is 16.5. The molecule has 10 heteroatoms. The number of fused-ring (bicyclic) bond motifs is 2. The largest absolute Gasteiger partial charge is 0.457 e. The number of pyridine rings is 1. The van der Waals surface area contributed by atoms with Crippen molar-refractivity contribution in [1.82, 2.24) is 33.8 Å². The van der Waals surface area contributed by atoms with Crippen LogP contribution in [0, 0.1) is 6.92 Å². The molecule has 0 saturated carbocycles. The average molecular weight is 523 g/mol. The number of aryl methyl sites for hydroxylation is 1. The number of likely N-dealkylation sites (N-methyl/N-ethyl adjacent to an activating group) is 1. The van der Waals surface area contributed by atoms with E-state index in [-0.39, 0.29) is 11.8 Å². The third kappa shape index (κ3) is 5.06. The standard InChI is InChI=1S/C29H30N8O2/c1-20-15-22(6-7-25(20)39-23-8-12-35-14-10-30-26(35)16-23)33-29-28-24(9-13-37(28)32-19-31-29)21-17-36(18-21)27(38)5-4-11-34(2)3/h4-10,12-16,19,21H,11,17-18H2,1-3H3,(H,31,32,33)/b5-4+. The van der Waals surface area contributed by atoms with Gasteiger partial charge in [-0.15, -0.1) is 0 Å². The van der Waals surface area contributed by atoms with E-state index < -0.39 is 0 Å². The Labute approximate surface area is 226 Å². The van der Waals surface area contributed by atoms with Gasteiger partial charge in [-0.3, -0.25) is 4.79 Å². The molecule has 1 aromatic carbocycles. The van der Waals surface area contributed by atoms with Crippen LogP contribution in [0.5, 0.6) is 11.5 Å². The lowest BCUT2D eigenvalue weighted by molar-refractivity contribution is -0.130. The number of rotatable bonds is 8. The van der Waals surface area contributed by atoms with Crippen molar-refractivity contribution in [3.8, 4) is 11.5 Å². The van der Waals surface area contributed by atoms with Gasteiger partial charge in [0.1, 0.15) is 29.0 Å². The number of aromatic nitrogens is 5. The molecule has 0 spiro atoms. The highest BCUT2D eigenvalue weighted by Gasteiger charge is 2.33. The number of nitrogens with zero attached hydrogens (tertiary/aromatic N) is 7. The van der Waals surface area contributed by atoms with E-state index in [4.69, 9.17) is 4.74 Å². The highest BCUT2D eigenvalue weighted by molar-refractivity contribution is 5.88. The van der Waals surface area contributed by atoms with Gasteiger partial charge in [0.25, 0.3) is 0 Å². The van der Waals surface area contributed by atoms with Gasteiger partial charge < -0.3 is 24.3 Å². The predicted octanol–water partition coefficient (Wildman–Crippen LogP) is 4.26. The molecule has 1 aliphatic rings. The second kappa shape index (κ2) is 10.2. The van der Waals surface area contributed by atoms with Gasteiger partial charge in [0.2, 0.25) is 5.91 Å². The molecule has 1 fully saturated rings. The van der Waals surface area contributed by atoms with Crippen molar-refractivity contribution in [2.75, 3.05) is 39.0 Å². The molecule has 198 valence electrons. The number of carbonyl (C=O) groups excluding carboxylic acids is 1. The van der Waals surface area contributed by atoms with Crippen LogP contribution >= 0.6 is 0 Å². The summed E-state index contributed by atoms with van der Waals surface area (Å²) in [7, 11) is 3.96. The first kappa shape index (κ1) is 24.6. The summed E-state index contributed by atoms with van der Waals surface area (Å²) in [6.45, 7) is 4.11. The van der Waals surface area contributed by atoms with E-state index in [1.807, 2.05) is 94.7 Å². The van der Waals surface area contributed by atoms with Crippen LogP contribution in [0.15, 0.2) is 79.7 Å². The molecule has 5 aromatic rings. The number of nitrogens with one attached hydrogen (secondary N) is 1. The maximum absolute atomic E-state index is 12.5. The van der Waals surface area contributed by atoms with Crippen LogP contribution in [0.4, 0.5) is 11.5 Å². The van der Waals surface area contributed by atoms with Crippen LogP contribution < -0.4 is 10.1 Å². The molecule has 1 saturated heterocycles. The molecular weight excluding hydrogens is 492 g/mol. The Bertz CT molecular complexity index is 1680. The number of ether oxygens (including phenoxy) is 1. The number of likely N-dealkylation sites (tertiary alicyclic amines) is 1. The van der Waals surface area contributed by atoms with E-state index in [1.165, 1.54) is 0 Å². The third-order valence-corrected chi connectivity index (χ3v) is 6.88. The minimum atomic E-state index is 0.0497. The zero-order chi connectivity index (χ0) is 26.9. The normalized spacial score (nSPS) is 14.0. The molecule has 10 nitrogen and oxygen atoms in total. The van der Waals surface area contributed by atoms with Crippen LogP contribution in [0.1, 0.15) is 17.0 Å². The second-order valence-corrected chi connectivity index (χ2v) is 10.0. The summed E-state index contributed by atoms with van der Waals surface area (Å²) in [5, 5.41) is 7.86. The number of hydrogen-bond donors (Lipinski definition) is 1. The molecule has 0 unspecified atom stereocenters. The first-order chi connectivity index (χ1) is 18.9. The van der Waals surface area contributed by atoms with E-state index in [0.29, 0.717) is 13.1 Å². The summed E-state index contributed by atoms with van der Waals surface area (Å²) in [5.74, 6) is 2.51. The quantitative estimate of drug-likeness (QED) is 0.304. The van der Waals surface area contributed by atoms with Crippen molar-refractivity contribution in [2.45, 2.75) is 12.8 Å². The van der Waals surface area contributed by atoms with Crippen LogP contribution in [-0.2, 0) is 4.79 Å². The van der Waals surface area contributed by atoms with Crippen molar-refractivity contribution < 1.29 is 9.53 Å². The van der Waals surface area contributed by atoms with Gasteiger partial charge in [0.05, 0.1) is 0 Å². The lowest BCUT2D eigenvalue weighted by atomic mass is 9.92. The Hall–Kier alpha value is -4.70. The first-order valence-corrected chi connectivity index (χ1v) is 12.9. The van der Waals surface area contributed by atoms with Crippen molar-refractivity contribution in [3.63, 3.8) is 0 Å². The Morgan fingerprint density at radius 3 is 2.82 bits per heavy atom. The number of imidazole rings is 1. The fourth-order valence-corrected chi connectivity index (χ4v) is 4.78. The predicted molar refractivity (Wildman–Crippen MR) is 150 cm³/mol. The first-order valence-electron chi connectivity index (χ1n) is 12.9. The van der Waals surface area contributed by atoms with Gasteiger partial charge in [0, 0.05) is 68.2 Å². The van der Waals surface area contributed by atoms with Gasteiger partial charge in [-0.05, 0) is 62.5 Å². The number of amides is 1. The molecule has 1 aliphatic heterocycles. The summed E-state index contributed by atoms with van der Waals surface area (Å²) in [4.78, 5) is 25.2. The molecule has 6 rings (SSSR count). The van der Waals surface area contributed by atoms with E-state index in [0.717, 1.165) is 51.8 Å². The molecule has 1 N–H and O–H groups in total. The molecule has 4 aromatic heterocycles. The Morgan fingerprint density at radius 1 is 1.13 bits per heavy atom. The maximum Gasteiger partial charge on any atom is 0.246 e. The lowest BCUT2D eigenvalue weighted by Crippen LogP contribution is -2.47. The van der Waals surface area contributed by atoms with Crippen molar-refractivity contribution >= 4 is 28.6 Å². The molecular formula is C29H30N8O2. The van der Waals surface area contributed by atoms with E-state index in [1.54, 1.807) is 18.6 Å². The maximum atomic E-state index is 12.5. The summed E-state index contributed by atoms with van der Waals surface area (Å²) in [6.07, 6.45) is 12.6. The number of carbonyl (C=O) groups is 1. The number of anilines is 2. The van der Waals surface area contributed by atoms with Crippen molar-refractivity contribution in [3.05, 3.63) is 90.8 Å². The smallest absolute Gasteiger partial charge is 0.246 e. The van der Waals surface area contributed by atoms with E-state index >= 15 is 0 Å². The summed E-state index contributed by atoms with van der Waals surface area (Å²) in [5.41, 5.74) is 4.76. The summed E-state index contributed by atoms with van der Waals surface area (Å²) in [6, 6.07) is 11.9. The van der Waals surface area contributed by atoms with E-state index in [9.17, 15) is 4.79 Å². The molecule has 0 radical (unpaired) electrons. The monoisotopic (exact) mass is 522 g/mol. The fraction of sp³-hybridized carbons (Fsp3) is 0.241. The number of hydrogen-bond acceptors (Lipinski definition) is 7. The number of benzene rings is 1. The van der Waals surface area contributed by atoms with Crippen LogP contribution in [-0.4, -0.2) is 73.4 Å². The lowest BCUT2D eigenvalue weighted by Gasteiger charge is -2.38. The van der Waals surface area contributed by atoms with Gasteiger partial charge in [-0.25, -0.2) is 14.5 Å². The highest BCUT2D eigenvalue weighted by Crippen LogP contribution is 2.35. The zero-order valence-electron chi connectivity index (χ0n) is 22.2. The van der Waals surface area contributed by atoms with Crippen molar-refractivity contribution in [2.24, 2.45) is 0 Å². The molecule has 1 amide bonds. The molecule has 0 atom stereocenters. The summed E-state index contributed by atoms with van der Waals surface area (Å²) >= 11 is 0. The second-order valence-electron chi connectivity index (χ2n) is 10.0. The van der Waals surface area contributed by atoms with Crippen LogP contribution in [0.25, 0.3) is 11.2 Å². The van der Waals surface area contributed by atoms with Crippen molar-refractivity contribution in [1.29, 1.82) is 0 Å². The van der Waals surface area contributed by atoms with Gasteiger partial charge in [-0.1, -0.05) is 6.08 Å². The topological polar surface area (TPSA) is 92.3 Å². The fourth-order valence-electron chi connectivity index (χ4n) is 4.78. The van der Waals surface area contributed by atoms with Crippen LogP contribution in [0.3, 0.4) is 0 Å². The Morgan fingerprint density at radius 2 is 2.00 bits per heavy atom. The minimum Gasteiger partial charge on any atom is -0.457 e. The van der Waals surface area contributed by atoms with Gasteiger partial charge >= 0.3 is 0 Å². The van der Waals surface area contributed by atoms with Gasteiger partial charge in [-0.2, -0.15) is 5.10 Å². The molecule has 39 heavy (non-hydrogen) atoms. The molecule has 0 aliphatic carbocycles. The molecule has 5 heterocycles. The summed E-state index contributed by atoms with van der Waals surface area (Å²) < 4.78 is 9.91. The SMILES string of the molecule is Cc1cc(Nc2ncnn3ccc(C4CN(C(=O)/C=C/CN(C)C)C4)c23)ccc1Oc1ccn2ccnc2c1. The average Bonchev–Trinajstić information content (AvgIpc) is 3.52. The Kier molecular flexibility index (Phi) is 6.45. The van der Waals surface area contributed by atoms with Crippen LogP contribution in [0.2, 0.25) is 0 Å². The third-order valence-electron chi connectivity index (χ3n) is 6.88. The molecule has 0 bridgehead atoms. The van der Waals surface area contributed by atoms with E-state index in [2.05, 4.69) is 26.4 Å². The van der Waals surface area contributed by atoms with Gasteiger partial charge in [0.15, 0.2) is 5.82 Å². The minimum absolute atomic E-state index is 0.0497.